The monoisotopic (exact) mass is 463 g/mol. The Balaban J connectivity index is 1.69. The Labute approximate surface area is 204 Å². The minimum absolute atomic E-state index is 0.0924. The van der Waals surface area contributed by atoms with Crippen LogP contribution in [0.5, 0.6) is 0 Å². The summed E-state index contributed by atoms with van der Waals surface area (Å²) < 4.78 is 0. The maximum atomic E-state index is 13.9. The van der Waals surface area contributed by atoms with Crippen LogP contribution in [0, 0.1) is 17.0 Å². The second-order valence-corrected chi connectivity index (χ2v) is 8.78. The molecular formula is C29H25N3O3. The number of nitrogens with zero attached hydrogens (tertiary/aromatic N) is 3. The Morgan fingerprint density at radius 2 is 1.34 bits per heavy atom. The van der Waals surface area contributed by atoms with Gasteiger partial charge in [0.25, 0.3) is 11.6 Å². The van der Waals surface area contributed by atoms with E-state index in [9.17, 15) is 14.9 Å². The third-order valence-electron chi connectivity index (χ3n) is 6.35. The van der Waals surface area contributed by atoms with E-state index in [4.69, 9.17) is 0 Å². The van der Waals surface area contributed by atoms with Crippen molar-refractivity contribution < 1.29 is 9.72 Å². The van der Waals surface area contributed by atoms with E-state index in [1.54, 1.807) is 6.07 Å². The van der Waals surface area contributed by atoms with E-state index in [2.05, 4.69) is 29.2 Å². The third-order valence-corrected chi connectivity index (χ3v) is 6.35. The van der Waals surface area contributed by atoms with Gasteiger partial charge in [0.1, 0.15) is 6.17 Å². The molecule has 174 valence electrons. The van der Waals surface area contributed by atoms with Gasteiger partial charge in [-0.3, -0.25) is 14.9 Å². The first-order chi connectivity index (χ1) is 17.0. The van der Waals surface area contributed by atoms with Crippen molar-refractivity contribution >= 4 is 17.3 Å². The number of hydrogen-bond acceptors (Lipinski definition) is 4. The van der Waals surface area contributed by atoms with Crippen LogP contribution in [0.15, 0.2) is 103 Å². The van der Waals surface area contributed by atoms with Crippen molar-refractivity contribution in [3.8, 4) is 0 Å². The molecule has 5 rings (SSSR count). The van der Waals surface area contributed by atoms with Crippen LogP contribution in [0.4, 0.5) is 11.4 Å². The molecule has 0 radical (unpaired) electrons. The maximum Gasteiger partial charge on any atom is 0.270 e. The first-order valence-corrected chi connectivity index (χ1v) is 11.5. The lowest BCUT2D eigenvalue weighted by atomic mass is 9.98. The van der Waals surface area contributed by atoms with E-state index in [-0.39, 0.29) is 17.8 Å². The fourth-order valence-corrected chi connectivity index (χ4v) is 4.61. The Morgan fingerprint density at radius 3 is 1.91 bits per heavy atom. The molecule has 0 aromatic heterocycles. The van der Waals surface area contributed by atoms with Crippen molar-refractivity contribution in [2.24, 2.45) is 0 Å². The summed E-state index contributed by atoms with van der Waals surface area (Å²) in [4.78, 5) is 29.0. The summed E-state index contributed by atoms with van der Waals surface area (Å²) in [6.07, 6.45) is -0.377. The number of non-ortho nitro benzene ring substituents is 1. The average molecular weight is 464 g/mol. The lowest BCUT2D eigenvalue weighted by Gasteiger charge is -2.46. The van der Waals surface area contributed by atoms with Gasteiger partial charge in [-0.2, -0.15) is 0 Å². The zero-order valence-electron chi connectivity index (χ0n) is 19.4. The zero-order valence-corrected chi connectivity index (χ0v) is 19.4. The molecule has 0 bridgehead atoms. The smallest absolute Gasteiger partial charge is 0.270 e. The van der Waals surface area contributed by atoms with Crippen molar-refractivity contribution in [2.45, 2.75) is 26.2 Å². The highest BCUT2D eigenvalue weighted by Gasteiger charge is 2.39. The summed E-state index contributed by atoms with van der Waals surface area (Å²) in [6.45, 7) is 2.96. The molecule has 0 unspecified atom stereocenters. The zero-order chi connectivity index (χ0) is 24.4. The van der Waals surface area contributed by atoms with Crippen LogP contribution in [-0.4, -0.2) is 15.7 Å². The predicted octanol–water partition coefficient (Wildman–Crippen LogP) is 6.26. The number of carbonyl (C=O) groups is 1. The van der Waals surface area contributed by atoms with Crippen molar-refractivity contribution in [3.05, 3.63) is 141 Å². The molecule has 1 amide bonds. The first-order valence-electron chi connectivity index (χ1n) is 11.5. The number of nitro benzene ring substituents is 1. The number of anilines is 1. The van der Waals surface area contributed by atoms with Gasteiger partial charge in [0, 0.05) is 25.2 Å². The molecule has 1 heterocycles. The van der Waals surface area contributed by atoms with Gasteiger partial charge in [-0.25, -0.2) is 0 Å². The van der Waals surface area contributed by atoms with Crippen LogP contribution in [0.1, 0.15) is 38.8 Å². The summed E-state index contributed by atoms with van der Waals surface area (Å²) in [5.74, 6) is -0.220. The van der Waals surface area contributed by atoms with E-state index < -0.39 is 4.92 Å². The molecule has 35 heavy (non-hydrogen) atoms. The molecule has 0 aliphatic carbocycles. The van der Waals surface area contributed by atoms with Gasteiger partial charge in [-0.05, 0) is 29.7 Å². The molecule has 6 heteroatoms. The molecule has 0 N–H and O–H groups in total. The number of fused-ring (bicyclic) bond motifs is 1. The molecule has 6 nitrogen and oxygen atoms in total. The summed E-state index contributed by atoms with van der Waals surface area (Å²) in [5.41, 5.74) is 5.14. The molecule has 4 aromatic rings. The van der Waals surface area contributed by atoms with Crippen molar-refractivity contribution in [2.75, 3.05) is 4.90 Å². The second-order valence-electron chi connectivity index (χ2n) is 8.78. The minimum atomic E-state index is -0.456. The van der Waals surface area contributed by atoms with Gasteiger partial charge in [0.05, 0.1) is 16.2 Å². The van der Waals surface area contributed by atoms with Crippen molar-refractivity contribution in [1.29, 1.82) is 0 Å². The largest absolute Gasteiger partial charge is 0.342 e. The molecule has 4 aromatic carbocycles. The Bertz CT molecular complexity index is 1360. The number of hydrogen-bond donors (Lipinski definition) is 0. The summed E-state index contributed by atoms with van der Waals surface area (Å²) in [5, 5.41) is 11.5. The topological polar surface area (TPSA) is 66.7 Å². The van der Waals surface area contributed by atoms with Crippen LogP contribution in [-0.2, 0) is 13.1 Å². The molecule has 0 spiro atoms. The molecule has 0 saturated carbocycles. The second kappa shape index (κ2) is 9.43. The Hall–Kier alpha value is -4.45. The summed E-state index contributed by atoms with van der Waals surface area (Å²) in [6, 6.07) is 32.7. The first kappa shape index (κ1) is 22.3. The van der Waals surface area contributed by atoms with Crippen molar-refractivity contribution in [1.82, 2.24) is 4.90 Å². The SMILES string of the molecule is Cc1ccc([C@H]2N(Cc3ccccc3)C(=O)c3cc([N+](=O)[O-])ccc3N2Cc2ccccc2)cc1. The molecule has 1 atom stereocenters. The highest BCUT2D eigenvalue weighted by molar-refractivity contribution is 6.02. The fourth-order valence-electron chi connectivity index (χ4n) is 4.61. The lowest BCUT2D eigenvalue weighted by Crippen LogP contribution is -2.48. The molecule has 1 aliphatic heterocycles. The van der Waals surface area contributed by atoms with E-state index in [1.807, 2.05) is 72.5 Å². The normalized spacial score (nSPS) is 15.1. The van der Waals surface area contributed by atoms with Gasteiger partial charge in [0.15, 0.2) is 0 Å². The predicted molar refractivity (Wildman–Crippen MR) is 136 cm³/mol. The molecule has 0 saturated heterocycles. The number of rotatable bonds is 6. The number of benzene rings is 4. The van der Waals surface area contributed by atoms with Crippen LogP contribution in [0.3, 0.4) is 0 Å². The number of carbonyl (C=O) groups excluding carboxylic acids is 1. The van der Waals surface area contributed by atoms with Gasteiger partial charge in [-0.15, -0.1) is 0 Å². The Morgan fingerprint density at radius 1 is 0.771 bits per heavy atom. The summed E-state index contributed by atoms with van der Waals surface area (Å²) >= 11 is 0. The number of aryl methyl sites for hydroxylation is 1. The highest BCUT2D eigenvalue weighted by Crippen LogP contribution is 2.42. The van der Waals surface area contributed by atoms with E-state index >= 15 is 0 Å². The standard InChI is InChI=1S/C29H25N3O3/c1-21-12-14-24(15-13-21)28-30(19-22-8-4-2-5-9-22)27-17-16-25(32(34)35)18-26(27)29(33)31(28)20-23-10-6-3-7-11-23/h2-18,28H,19-20H2,1H3/t28-/m1/s1. The van der Waals surface area contributed by atoms with Crippen LogP contribution in [0.25, 0.3) is 0 Å². The van der Waals surface area contributed by atoms with Gasteiger partial charge >= 0.3 is 0 Å². The van der Waals surface area contributed by atoms with Gasteiger partial charge < -0.3 is 9.80 Å². The van der Waals surface area contributed by atoms with E-state index in [0.717, 1.165) is 22.3 Å². The van der Waals surface area contributed by atoms with Gasteiger partial charge in [0.2, 0.25) is 0 Å². The van der Waals surface area contributed by atoms with E-state index in [1.165, 1.54) is 12.1 Å². The van der Waals surface area contributed by atoms with E-state index in [0.29, 0.717) is 24.3 Å². The quantitative estimate of drug-likeness (QED) is 0.250. The van der Waals surface area contributed by atoms with Crippen molar-refractivity contribution in [3.63, 3.8) is 0 Å². The number of amides is 1. The Kier molecular flexibility index (Phi) is 6.02. The summed E-state index contributed by atoms with van der Waals surface area (Å²) in [7, 11) is 0. The molecular weight excluding hydrogens is 438 g/mol. The number of nitro groups is 1. The highest BCUT2D eigenvalue weighted by atomic mass is 16.6. The fraction of sp³-hybridized carbons (Fsp3) is 0.138. The minimum Gasteiger partial charge on any atom is -0.342 e. The third kappa shape index (κ3) is 4.51. The molecule has 0 fully saturated rings. The van der Waals surface area contributed by atoms with Crippen LogP contribution < -0.4 is 4.90 Å². The van der Waals surface area contributed by atoms with Gasteiger partial charge in [-0.1, -0.05) is 90.5 Å². The maximum absolute atomic E-state index is 13.9. The van der Waals surface area contributed by atoms with Crippen LogP contribution >= 0.6 is 0 Å². The van der Waals surface area contributed by atoms with Crippen LogP contribution in [0.2, 0.25) is 0 Å². The molecule has 1 aliphatic rings. The average Bonchev–Trinajstić information content (AvgIpc) is 2.88. The lowest BCUT2D eigenvalue weighted by molar-refractivity contribution is -0.384.